The highest BCUT2D eigenvalue weighted by molar-refractivity contribution is 5.79. The van der Waals surface area contributed by atoms with Crippen molar-refractivity contribution in [2.24, 2.45) is 0 Å². The maximum atomic E-state index is 12.3. The van der Waals surface area contributed by atoms with Crippen LogP contribution in [0.25, 0.3) is 16.8 Å². The van der Waals surface area contributed by atoms with Crippen LogP contribution in [-0.4, -0.2) is 77.6 Å². The predicted molar refractivity (Wildman–Crippen MR) is 123 cm³/mol. The Morgan fingerprint density at radius 1 is 1.15 bits per heavy atom. The summed E-state index contributed by atoms with van der Waals surface area (Å²) in [6.45, 7) is 4.85. The summed E-state index contributed by atoms with van der Waals surface area (Å²) in [6.07, 6.45) is 7.90. The molecule has 0 bridgehead atoms. The Labute approximate surface area is 192 Å². The van der Waals surface area contributed by atoms with E-state index in [1.807, 2.05) is 29.2 Å². The molecular weight excluding hydrogens is 420 g/mol. The lowest BCUT2D eigenvalue weighted by Gasteiger charge is -2.37. The molecule has 0 aliphatic carbocycles. The Balaban J connectivity index is 1.17. The summed E-state index contributed by atoms with van der Waals surface area (Å²) in [5.41, 5.74) is 5.40. The third kappa shape index (κ3) is 4.02. The molecule has 3 aromatic heterocycles. The number of rotatable bonds is 4. The number of pyridine rings is 1. The van der Waals surface area contributed by atoms with Crippen LogP contribution < -0.4 is 10.2 Å². The van der Waals surface area contributed by atoms with Gasteiger partial charge in [0, 0.05) is 56.4 Å². The summed E-state index contributed by atoms with van der Waals surface area (Å²) in [5, 5.41) is 8.04. The number of anilines is 1. The molecule has 0 spiro atoms. The first kappa shape index (κ1) is 20.4. The summed E-state index contributed by atoms with van der Waals surface area (Å²) in [6, 6.07) is 8.89. The van der Waals surface area contributed by atoms with Gasteiger partial charge >= 0.3 is 6.09 Å². The zero-order chi connectivity index (χ0) is 22.2. The molecule has 0 unspecified atom stereocenters. The molecule has 33 heavy (non-hydrogen) atoms. The fourth-order valence-electron chi connectivity index (χ4n) is 4.79. The number of nitrogens with one attached hydrogen (secondary N) is 1. The molecule has 3 fully saturated rings. The van der Waals surface area contributed by atoms with Gasteiger partial charge < -0.3 is 24.6 Å². The van der Waals surface area contributed by atoms with Crippen LogP contribution in [0.15, 0.2) is 42.9 Å². The first-order valence-electron chi connectivity index (χ1n) is 11.7. The number of nitrogens with zero attached hydrogens (tertiary/aromatic N) is 5. The lowest BCUT2D eigenvalue weighted by atomic mass is 10.1. The summed E-state index contributed by atoms with van der Waals surface area (Å²) < 4.78 is 12.4. The minimum atomic E-state index is -0.241. The standard InChI is InChI=1S/C24H28N6O3/c31-24(33-19-15-32-16-19)29-10-8-28(9-11-29)22-5-7-27-30-14-18(12-23(22)30)21-4-3-17(13-26-21)20-2-1-6-25-20/h3-5,7,12-14,19-20,25H,1-2,6,8-11,15-16H2/t20-/m0/s1. The molecule has 3 aliphatic rings. The number of carbonyl (C=O) groups excluding carboxylic acids is 1. The van der Waals surface area contributed by atoms with Gasteiger partial charge in [-0.3, -0.25) is 4.98 Å². The van der Waals surface area contributed by atoms with E-state index < -0.39 is 0 Å². The van der Waals surface area contributed by atoms with Gasteiger partial charge in [0.15, 0.2) is 6.10 Å². The van der Waals surface area contributed by atoms with Gasteiger partial charge in [-0.1, -0.05) is 6.07 Å². The van der Waals surface area contributed by atoms with Gasteiger partial charge in [-0.2, -0.15) is 5.10 Å². The molecule has 0 radical (unpaired) electrons. The molecule has 1 N–H and O–H groups in total. The van der Waals surface area contributed by atoms with Crippen LogP contribution in [0, 0.1) is 0 Å². The highest BCUT2D eigenvalue weighted by atomic mass is 16.6. The maximum Gasteiger partial charge on any atom is 0.410 e. The Morgan fingerprint density at radius 2 is 2.03 bits per heavy atom. The lowest BCUT2D eigenvalue weighted by molar-refractivity contribution is -0.104. The number of fused-ring (bicyclic) bond motifs is 1. The van der Waals surface area contributed by atoms with Gasteiger partial charge in [0.1, 0.15) is 0 Å². The van der Waals surface area contributed by atoms with Crippen molar-refractivity contribution in [1.82, 2.24) is 24.8 Å². The van der Waals surface area contributed by atoms with Gasteiger partial charge in [0.2, 0.25) is 0 Å². The van der Waals surface area contributed by atoms with Gasteiger partial charge in [0.25, 0.3) is 0 Å². The molecule has 3 saturated heterocycles. The second-order valence-corrected chi connectivity index (χ2v) is 8.92. The van der Waals surface area contributed by atoms with E-state index in [0.29, 0.717) is 32.3 Å². The van der Waals surface area contributed by atoms with Crippen LogP contribution in [0.5, 0.6) is 0 Å². The lowest BCUT2D eigenvalue weighted by Crippen LogP contribution is -2.51. The van der Waals surface area contributed by atoms with E-state index in [9.17, 15) is 4.79 Å². The highest BCUT2D eigenvalue weighted by Gasteiger charge is 2.28. The first-order valence-corrected chi connectivity index (χ1v) is 11.7. The van der Waals surface area contributed by atoms with Crippen molar-refractivity contribution in [2.45, 2.75) is 25.0 Å². The van der Waals surface area contributed by atoms with Crippen molar-refractivity contribution in [3.8, 4) is 11.3 Å². The number of piperazine rings is 1. The minimum Gasteiger partial charge on any atom is -0.441 e. The summed E-state index contributed by atoms with van der Waals surface area (Å²) in [7, 11) is 0. The normalized spacial score (nSPS) is 21.4. The highest BCUT2D eigenvalue weighted by Crippen LogP contribution is 2.29. The fraction of sp³-hybridized carbons (Fsp3) is 0.458. The van der Waals surface area contributed by atoms with Crippen molar-refractivity contribution in [1.29, 1.82) is 0 Å². The van der Waals surface area contributed by atoms with E-state index in [1.54, 1.807) is 4.90 Å². The average Bonchev–Trinajstić information content (AvgIpc) is 3.51. The van der Waals surface area contributed by atoms with Crippen molar-refractivity contribution in [2.75, 3.05) is 50.8 Å². The van der Waals surface area contributed by atoms with Crippen LogP contribution in [-0.2, 0) is 9.47 Å². The van der Waals surface area contributed by atoms with E-state index in [4.69, 9.17) is 14.5 Å². The molecule has 0 saturated carbocycles. The fourth-order valence-corrected chi connectivity index (χ4v) is 4.79. The molecule has 6 rings (SSSR count). The van der Waals surface area contributed by atoms with Gasteiger partial charge in [-0.25, -0.2) is 9.31 Å². The van der Waals surface area contributed by atoms with Crippen LogP contribution in [0.3, 0.4) is 0 Å². The Hall–Kier alpha value is -3.17. The van der Waals surface area contributed by atoms with Crippen molar-refractivity contribution < 1.29 is 14.3 Å². The van der Waals surface area contributed by atoms with Crippen LogP contribution in [0.2, 0.25) is 0 Å². The van der Waals surface area contributed by atoms with Crippen molar-refractivity contribution in [3.05, 3.63) is 48.4 Å². The number of hydrogen-bond donors (Lipinski definition) is 1. The topological polar surface area (TPSA) is 84.2 Å². The molecule has 3 aromatic rings. The maximum absolute atomic E-state index is 12.3. The summed E-state index contributed by atoms with van der Waals surface area (Å²) in [5.74, 6) is 0. The van der Waals surface area contributed by atoms with Crippen molar-refractivity contribution in [3.63, 3.8) is 0 Å². The second kappa shape index (κ2) is 8.64. The Bertz CT molecular complexity index is 1130. The number of amides is 1. The number of hydrogen-bond acceptors (Lipinski definition) is 7. The zero-order valence-electron chi connectivity index (χ0n) is 18.5. The van der Waals surface area contributed by atoms with Gasteiger partial charge in [-0.05, 0) is 43.1 Å². The molecule has 9 heteroatoms. The van der Waals surface area contributed by atoms with E-state index >= 15 is 0 Å². The molecule has 0 aromatic carbocycles. The smallest absolute Gasteiger partial charge is 0.410 e. The number of ether oxygens (including phenoxy) is 2. The largest absolute Gasteiger partial charge is 0.441 e. The Kier molecular flexibility index (Phi) is 5.35. The van der Waals surface area contributed by atoms with Crippen LogP contribution in [0.4, 0.5) is 10.5 Å². The number of carbonyl (C=O) groups is 1. The van der Waals surface area contributed by atoms with Crippen LogP contribution in [0.1, 0.15) is 24.4 Å². The van der Waals surface area contributed by atoms with Crippen LogP contribution >= 0.6 is 0 Å². The minimum absolute atomic E-state index is 0.0911. The Morgan fingerprint density at radius 3 is 2.73 bits per heavy atom. The first-order chi connectivity index (χ1) is 16.2. The molecule has 172 valence electrons. The van der Waals surface area contributed by atoms with Gasteiger partial charge in [-0.15, -0.1) is 0 Å². The van der Waals surface area contributed by atoms with Gasteiger partial charge in [0.05, 0.1) is 30.1 Å². The second-order valence-electron chi connectivity index (χ2n) is 8.92. The zero-order valence-corrected chi connectivity index (χ0v) is 18.5. The molecular formula is C24H28N6O3. The molecule has 9 nitrogen and oxygen atoms in total. The molecule has 6 heterocycles. The molecule has 3 aliphatic heterocycles. The number of aromatic nitrogens is 3. The van der Waals surface area contributed by atoms with Crippen molar-refractivity contribution >= 4 is 17.3 Å². The van der Waals surface area contributed by atoms with E-state index in [0.717, 1.165) is 42.1 Å². The third-order valence-electron chi connectivity index (χ3n) is 6.78. The van der Waals surface area contributed by atoms with E-state index in [2.05, 4.69) is 33.5 Å². The summed E-state index contributed by atoms with van der Waals surface area (Å²) in [4.78, 5) is 21.1. The van der Waals surface area contributed by atoms with E-state index in [-0.39, 0.29) is 12.2 Å². The molecule has 1 atom stereocenters. The predicted octanol–water partition coefficient (Wildman–Crippen LogP) is 2.48. The van der Waals surface area contributed by atoms with E-state index in [1.165, 1.54) is 18.4 Å². The summed E-state index contributed by atoms with van der Waals surface area (Å²) >= 11 is 0. The average molecular weight is 449 g/mol. The SMILES string of the molecule is O=C(OC1COC1)N1CCN(c2ccnn3cc(-c4ccc([C@@H]5CCCN5)cn4)cc23)CC1. The monoisotopic (exact) mass is 448 g/mol. The third-order valence-corrected chi connectivity index (χ3v) is 6.78. The molecule has 1 amide bonds. The quantitative estimate of drug-likeness (QED) is 0.656.